The monoisotopic (exact) mass is 513 g/mol. The van der Waals surface area contributed by atoms with Gasteiger partial charge in [-0.25, -0.2) is 4.79 Å². The number of methoxy groups -OCH3 is 1. The van der Waals surface area contributed by atoms with E-state index < -0.39 is 11.9 Å². The van der Waals surface area contributed by atoms with Crippen molar-refractivity contribution in [2.24, 2.45) is 0 Å². The van der Waals surface area contributed by atoms with Crippen LogP contribution in [0.3, 0.4) is 0 Å². The number of hydrogen-bond acceptors (Lipinski definition) is 6. The highest BCUT2D eigenvalue weighted by Crippen LogP contribution is 2.36. The van der Waals surface area contributed by atoms with Crippen LogP contribution >= 0.6 is 27.7 Å². The van der Waals surface area contributed by atoms with Crippen molar-refractivity contribution in [1.82, 2.24) is 5.32 Å². The van der Waals surface area contributed by atoms with Crippen LogP contribution in [0.4, 0.5) is 5.69 Å². The predicted octanol–water partition coefficient (Wildman–Crippen LogP) is 4.25. The lowest BCUT2D eigenvalue weighted by Crippen LogP contribution is -2.31. The molecule has 2 aromatic carbocycles. The lowest BCUT2D eigenvalue weighted by molar-refractivity contribution is -0.121. The maximum absolute atomic E-state index is 12.4. The van der Waals surface area contributed by atoms with Gasteiger partial charge in [-0.1, -0.05) is 39.8 Å². The number of carbonyl (C=O) groups excluding carboxylic acids is 3. The minimum absolute atomic E-state index is 0.0317. The molecule has 0 aromatic heterocycles. The molecule has 0 radical (unpaired) electrons. The largest absolute Gasteiger partial charge is 0.465 e. The van der Waals surface area contributed by atoms with Gasteiger partial charge in [0, 0.05) is 22.5 Å². The summed E-state index contributed by atoms with van der Waals surface area (Å²) < 4.78 is 5.65. The molecule has 2 N–H and O–H groups in total. The average molecular weight is 514 g/mol. The van der Waals surface area contributed by atoms with Gasteiger partial charge in [-0.2, -0.15) is 5.26 Å². The van der Waals surface area contributed by atoms with Crippen LogP contribution in [0.25, 0.3) is 0 Å². The SMILES string of the molecule is COC(=O)c1ccc([C@H]2CC(=O)NC(SCC(=O)Nc3ccc(Br)c(C)c3)=C2C#N)cc1. The summed E-state index contributed by atoms with van der Waals surface area (Å²) in [5.74, 6) is -1.38. The highest BCUT2D eigenvalue weighted by Gasteiger charge is 2.30. The molecule has 0 saturated carbocycles. The van der Waals surface area contributed by atoms with Gasteiger partial charge in [0.2, 0.25) is 11.8 Å². The summed E-state index contributed by atoms with van der Waals surface area (Å²) in [4.78, 5) is 36.4. The maximum Gasteiger partial charge on any atom is 0.337 e. The number of thioether (sulfide) groups is 1. The Kier molecular flexibility index (Phi) is 7.72. The van der Waals surface area contributed by atoms with Gasteiger partial charge in [-0.15, -0.1) is 0 Å². The smallest absolute Gasteiger partial charge is 0.337 e. The fourth-order valence-electron chi connectivity index (χ4n) is 3.24. The van der Waals surface area contributed by atoms with Gasteiger partial charge >= 0.3 is 5.97 Å². The molecular weight excluding hydrogens is 494 g/mol. The number of anilines is 1. The summed E-state index contributed by atoms with van der Waals surface area (Å²) in [6.45, 7) is 1.92. The number of hydrogen-bond donors (Lipinski definition) is 2. The molecule has 0 bridgehead atoms. The van der Waals surface area contributed by atoms with E-state index >= 15 is 0 Å². The lowest BCUT2D eigenvalue weighted by atomic mass is 9.87. The fourth-order valence-corrected chi connectivity index (χ4v) is 4.37. The van der Waals surface area contributed by atoms with Crippen LogP contribution in [0, 0.1) is 18.3 Å². The standard InChI is InChI=1S/C23H20BrN3O4S/c1-13-9-16(7-8-19(13)24)26-21(29)12-32-22-18(11-25)17(10-20(28)27-22)14-3-5-15(6-4-14)23(30)31-2/h3-9,17H,10,12H2,1-2H3,(H,26,29)(H,27,28)/t17-/m1/s1. The van der Waals surface area contributed by atoms with Gasteiger partial charge in [-0.05, 0) is 48.4 Å². The molecule has 0 spiro atoms. The quantitative estimate of drug-likeness (QED) is 0.558. The van der Waals surface area contributed by atoms with Gasteiger partial charge in [0.15, 0.2) is 0 Å². The van der Waals surface area contributed by atoms with Gasteiger partial charge in [-0.3, -0.25) is 9.59 Å². The molecule has 1 atom stereocenters. The van der Waals surface area contributed by atoms with Gasteiger partial charge in [0.1, 0.15) is 0 Å². The number of nitrogens with zero attached hydrogens (tertiary/aromatic N) is 1. The van der Waals surface area contributed by atoms with Crippen LogP contribution < -0.4 is 10.6 Å². The van der Waals surface area contributed by atoms with Crippen molar-refractivity contribution >= 4 is 51.2 Å². The molecule has 2 aromatic rings. The highest BCUT2D eigenvalue weighted by atomic mass is 79.9. The van der Waals surface area contributed by atoms with Crippen LogP contribution in [0.2, 0.25) is 0 Å². The summed E-state index contributed by atoms with van der Waals surface area (Å²) in [5.41, 5.74) is 3.16. The minimum Gasteiger partial charge on any atom is -0.465 e. The van der Waals surface area contributed by atoms with Crippen LogP contribution in [-0.2, 0) is 14.3 Å². The average Bonchev–Trinajstić information content (AvgIpc) is 2.79. The number of allylic oxidation sites excluding steroid dienone is 1. The second-order valence-corrected chi connectivity index (χ2v) is 8.91. The molecular formula is C23H20BrN3O4S. The second-order valence-electron chi connectivity index (χ2n) is 7.07. The van der Waals surface area contributed by atoms with Crippen molar-refractivity contribution in [3.8, 4) is 6.07 Å². The van der Waals surface area contributed by atoms with E-state index in [1.807, 2.05) is 19.1 Å². The zero-order valence-corrected chi connectivity index (χ0v) is 19.8. The highest BCUT2D eigenvalue weighted by molar-refractivity contribution is 9.10. The first-order valence-corrected chi connectivity index (χ1v) is 11.4. The molecule has 2 amide bonds. The number of ether oxygens (including phenoxy) is 1. The Morgan fingerprint density at radius 3 is 2.62 bits per heavy atom. The number of rotatable bonds is 6. The fraction of sp³-hybridized carbons (Fsp3) is 0.217. The first-order valence-electron chi connectivity index (χ1n) is 9.63. The lowest BCUT2D eigenvalue weighted by Gasteiger charge is -2.25. The minimum atomic E-state index is -0.461. The zero-order chi connectivity index (χ0) is 23.3. The summed E-state index contributed by atoms with van der Waals surface area (Å²) in [6, 6.07) is 14.3. The molecule has 164 valence electrons. The Morgan fingerprint density at radius 2 is 2.00 bits per heavy atom. The second kappa shape index (κ2) is 10.5. The van der Waals surface area contributed by atoms with Gasteiger partial charge < -0.3 is 15.4 Å². The van der Waals surface area contributed by atoms with E-state index in [-0.39, 0.29) is 24.0 Å². The Balaban J connectivity index is 1.75. The van der Waals surface area contributed by atoms with Gasteiger partial charge in [0.25, 0.3) is 0 Å². The number of esters is 1. The molecule has 0 aliphatic carbocycles. The molecule has 9 heteroatoms. The maximum atomic E-state index is 12.4. The van der Waals surface area contributed by atoms with Gasteiger partial charge in [0.05, 0.1) is 35.1 Å². The number of halogens is 1. The number of nitrogens with one attached hydrogen (secondary N) is 2. The van der Waals surface area contributed by atoms with Crippen molar-refractivity contribution < 1.29 is 19.1 Å². The summed E-state index contributed by atoms with van der Waals surface area (Å²) in [5, 5.41) is 15.7. The van der Waals surface area contributed by atoms with Crippen molar-refractivity contribution in [2.45, 2.75) is 19.3 Å². The molecule has 1 heterocycles. The summed E-state index contributed by atoms with van der Waals surface area (Å²) in [6.07, 6.45) is 0.106. The molecule has 1 aliphatic rings. The van der Waals surface area contributed by atoms with Crippen molar-refractivity contribution in [1.29, 1.82) is 5.26 Å². The van der Waals surface area contributed by atoms with Crippen LogP contribution in [0.1, 0.15) is 33.8 Å². The Labute approximate surface area is 198 Å². The van der Waals surface area contributed by atoms with E-state index in [0.29, 0.717) is 21.9 Å². The number of carbonyl (C=O) groups is 3. The summed E-state index contributed by atoms with van der Waals surface area (Å²) in [7, 11) is 1.30. The van der Waals surface area contributed by atoms with E-state index in [1.165, 1.54) is 7.11 Å². The zero-order valence-electron chi connectivity index (χ0n) is 17.4. The third-order valence-electron chi connectivity index (χ3n) is 4.88. The van der Waals surface area contributed by atoms with Crippen LogP contribution in [-0.4, -0.2) is 30.6 Å². The molecule has 7 nitrogen and oxygen atoms in total. The number of nitriles is 1. The number of benzene rings is 2. The van der Waals surface area contributed by atoms with E-state index in [0.717, 1.165) is 27.4 Å². The number of amides is 2. The van der Waals surface area contributed by atoms with Crippen molar-refractivity contribution in [2.75, 3.05) is 18.2 Å². The topological polar surface area (TPSA) is 108 Å². The van der Waals surface area contributed by atoms with Crippen LogP contribution in [0.15, 0.2) is 57.5 Å². The third kappa shape index (κ3) is 5.58. The first kappa shape index (κ1) is 23.6. The normalized spacial score (nSPS) is 15.6. The summed E-state index contributed by atoms with van der Waals surface area (Å²) >= 11 is 4.53. The van der Waals surface area contributed by atoms with Crippen LogP contribution in [0.5, 0.6) is 0 Å². The Morgan fingerprint density at radius 1 is 1.28 bits per heavy atom. The molecule has 32 heavy (non-hydrogen) atoms. The van der Waals surface area contributed by atoms with Crippen molar-refractivity contribution in [3.63, 3.8) is 0 Å². The predicted molar refractivity (Wildman–Crippen MR) is 126 cm³/mol. The molecule has 1 aliphatic heterocycles. The Hall–Kier alpha value is -3.09. The molecule has 0 unspecified atom stereocenters. The molecule has 3 rings (SSSR count). The molecule has 0 saturated heterocycles. The Bertz CT molecular complexity index is 1140. The number of aryl methyl sites for hydroxylation is 1. The van der Waals surface area contributed by atoms with E-state index in [1.54, 1.807) is 30.3 Å². The van der Waals surface area contributed by atoms with E-state index in [2.05, 4.69) is 32.6 Å². The van der Waals surface area contributed by atoms with E-state index in [9.17, 15) is 19.6 Å². The molecule has 0 fully saturated rings. The van der Waals surface area contributed by atoms with E-state index in [4.69, 9.17) is 4.74 Å². The third-order valence-corrected chi connectivity index (χ3v) is 6.79. The first-order chi connectivity index (χ1) is 15.3. The van der Waals surface area contributed by atoms with Crippen molar-refractivity contribution in [3.05, 3.63) is 74.2 Å².